The zero-order valence-corrected chi connectivity index (χ0v) is 11.8. The summed E-state index contributed by atoms with van der Waals surface area (Å²) in [7, 11) is 0. The maximum absolute atomic E-state index is 12.0. The molecule has 1 aliphatic rings. The Bertz CT molecular complexity index is 841. The third-order valence-corrected chi connectivity index (χ3v) is 3.24. The fraction of sp³-hybridized carbons (Fsp3) is 0.133. The van der Waals surface area contributed by atoms with E-state index in [0.717, 1.165) is 5.56 Å². The molecule has 8 nitrogen and oxygen atoms in total. The van der Waals surface area contributed by atoms with Gasteiger partial charge in [-0.15, -0.1) is 10.2 Å². The molecule has 0 radical (unpaired) electrons. The van der Waals surface area contributed by atoms with E-state index in [1.807, 2.05) is 12.1 Å². The van der Waals surface area contributed by atoms with Gasteiger partial charge in [0.05, 0.1) is 6.26 Å². The molecule has 1 aliphatic heterocycles. The molecule has 3 aromatic rings. The van der Waals surface area contributed by atoms with E-state index in [1.165, 1.54) is 6.26 Å². The molecular weight excluding hydrogens is 302 g/mol. The highest BCUT2D eigenvalue weighted by atomic mass is 16.7. The lowest BCUT2D eigenvalue weighted by Crippen LogP contribution is -2.23. The number of hydrogen-bond donors (Lipinski definition) is 1. The summed E-state index contributed by atoms with van der Waals surface area (Å²) < 4.78 is 20.9. The zero-order chi connectivity index (χ0) is 15.6. The van der Waals surface area contributed by atoms with Gasteiger partial charge in [-0.3, -0.25) is 4.79 Å². The third kappa shape index (κ3) is 2.61. The summed E-state index contributed by atoms with van der Waals surface area (Å²) in [6, 6.07) is 8.81. The molecule has 0 saturated heterocycles. The first-order valence-corrected chi connectivity index (χ1v) is 6.84. The largest absolute Gasteiger partial charge is 0.459 e. The number of fused-ring (bicyclic) bond motifs is 1. The van der Waals surface area contributed by atoms with Crippen molar-refractivity contribution < 1.29 is 23.1 Å². The molecule has 1 aromatic carbocycles. The molecule has 4 rings (SSSR count). The molecular formula is C15H11N3O5. The van der Waals surface area contributed by atoms with Gasteiger partial charge in [0.15, 0.2) is 17.3 Å². The molecule has 1 amide bonds. The van der Waals surface area contributed by atoms with Gasteiger partial charge in [0.25, 0.3) is 5.89 Å². The van der Waals surface area contributed by atoms with E-state index in [9.17, 15) is 4.79 Å². The monoisotopic (exact) mass is 313 g/mol. The Kier molecular flexibility index (Phi) is 3.19. The van der Waals surface area contributed by atoms with E-state index in [2.05, 4.69) is 15.5 Å². The molecule has 0 fully saturated rings. The zero-order valence-electron chi connectivity index (χ0n) is 11.8. The standard InChI is InChI=1S/C15H11N3O5/c19-13(15-18-17-14(23-15)11-2-1-5-20-11)16-7-9-3-4-10-12(6-9)22-8-21-10/h1-6H,7-8H2,(H,16,19). The minimum absolute atomic E-state index is 0.128. The topological polar surface area (TPSA) is 99.6 Å². The van der Waals surface area contributed by atoms with Gasteiger partial charge >= 0.3 is 11.8 Å². The summed E-state index contributed by atoms with van der Waals surface area (Å²) in [6.07, 6.45) is 1.49. The Morgan fingerprint density at radius 1 is 1.17 bits per heavy atom. The SMILES string of the molecule is O=C(NCc1ccc2c(c1)OCO2)c1nnc(-c2ccco2)o1. The number of furan rings is 1. The number of rotatable bonds is 4. The molecule has 0 atom stereocenters. The average Bonchev–Trinajstić information content (AvgIpc) is 3.32. The molecule has 0 spiro atoms. The lowest BCUT2D eigenvalue weighted by atomic mass is 10.2. The van der Waals surface area contributed by atoms with Crippen molar-refractivity contribution in [2.75, 3.05) is 6.79 Å². The highest BCUT2D eigenvalue weighted by Gasteiger charge is 2.18. The first-order chi connectivity index (χ1) is 11.3. The predicted molar refractivity (Wildman–Crippen MR) is 75.7 cm³/mol. The highest BCUT2D eigenvalue weighted by molar-refractivity contribution is 5.89. The van der Waals surface area contributed by atoms with Crippen LogP contribution in [0.4, 0.5) is 0 Å². The Morgan fingerprint density at radius 3 is 2.96 bits per heavy atom. The number of nitrogens with one attached hydrogen (secondary N) is 1. The summed E-state index contributed by atoms with van der Waals surface area (Å²) >= 11 is 0. The van der Waals surface area contributed by atoms with Gasteiger partial charge in [0, 0.05) is 6.54 Å². The maximum Gasteiger partial charge on any atom is 0.309 e. The smallest absolute Gasteiger partial charge is 0.309 e. The Morgan fingerprint density at radius 2 is 2.09 bits per heavy atom. The van der Waals surface area contributed by atoms with Crippen molar-refractivity contribution in [3.05, 3.63) is 48.0 Å². The van der Waals surface area contributed by atoms with Gasteiger partial charge in [-0.05, 0) is 29.8 Å². The minimum Gasteiger partial charge on any atom is -0.459 e. The van der Waals surface area contributed by atoms with Crippen LogP contribution in [0, 0.1) is 0 Å². The molecule has 0 bridgehead atoms. The quantitative estimate of drug-likeness (QED) is 0.786. The van der Waals surface area contributed by atoms with Crippen molar-refractivity contribution in [2.24, 2.45) is 0 Å². The number of aromatic nitrogens is 2. The summed E-state index contributed by atoms with van der Waals surface area (Å²) in [4.78, 5) is 12.0. The van der Waals surface area contributed by atoms with Gasteiger partial charge in [0.2, 0.25) is 6.79 Å². The number of amides is 1. The van der Waals surface area contributed by atoms with Gasteiger partial charge in [-0.25, -0.2) is 0 Å². The minimum atomic E-state index is -0.465. The number of carbonyl (C=O) groups is 1. The summed E-state index contributed by atoms with van der Waals surface area (Å²) in [5, 5.41) is 10.2. The Balaban J connectivity index is 1.42. The van der Waals surface area contributed by atoms with Gasteiger partial charge in [-0.1, -0.05) is 6.07 Å². The predicted octanol–water partition coefficient (Wildman–Crippen LogP) is 1.99. The molecule has 0 saturated carbocycles. The van der Waals surface area contributed by atoms with Crippen LogP contribution >= 0.6 is 0 Å². The molecule has 0 unspecified atom stereocenters. The average molecular weight is 313 g/mol. The fourth-order valence-corrected chi connectivity index (χ4v) is 2.12. The van der Waals surface area contributed by atoms with Crippen LogP contribution in [0.25, 0.3) is 11.7 Å². The number of ether oxygens (including phenoxy) is 2. The van der Waals surface area contributed by atoms with Crippen molar-refractivity contribution in [1.82, 2.24) is 15.5 Å². The number of benzene rings is 1. The van der Waals surface area contributed by atoms with Crippen LogP contribution in [0.15, 0.2) is 45.4 Å². The van der Waals surface area contributed by atoms with Crippen LogP contribution in [0.2, 0.25) is 0 Å². The van der Waals surface area contributed by atoms with Crippen molar-refractivity contribution in [3.8, 4) is 23.1 Å². The van der Waals surface area contributed by atoms with E-state index in [0.29, 0.717) is 23.8 Å². The van der Waals surface area contributed by atoms with E-state index < -0.39 is 5.91 Å². The van der Waals surface area contributed by atoms with Gasteiger partial charge in [-0.2, -0.15) is 0 Å². The van der Waals surface area contributed by atoms with Crippen LogP contribution < -0.4 is 14.8 Å². The number of carbonyl (C=O) groups excluding carboxylic acids is 1. The van der Waals surface area contributed by atoms with Crippen LogP contribution in [0.3, 0.4) is 0 Å². The second-order valence-corrected chi connectivity index (χ2v) is 4.76. The van der Waals surface area contributed by atoms with Crippen molar-refractivity contribution in [3.63, 3.8) is 0 Å². The molecule has 23 heavy (non-hydrogen) atoms. The Hall–Kier alpha value is -3.29. The summed E-state index contributed by atoms with van der Waals surface area (Å²) in [5.41, 5.74) is 0.869. The number of hydrogen-bond acceptors (Lipinski definition) is 7. The second kappa shape index (κ2) is 5.48. The molecule has 2 aromatic heterocycles. The normalized spacial score (nSPS) is 12.3. The maximum atomic E-state index is 12.0. The van der Waals surface area contributed by atoms with Crippen LogP contribution in [-0.2, 0) is 6.54 Å². The van der Waals surface area contributed by atoms with Crippen LogP contribution in [0.5, 0.6) is 11.5 Å². The van der Waals surface area contributed by atoms with E-state index in [-0.39, 0.29) is 18.6 Å². The fourth-order valence-electron chi connectivity index (χ4n) is 2.12. The molecule has 8 heteroatoms. The molecule has 116 valence electrons. The summed E-state index contributed by atoms with van der Waals surface area (Å²) in [6.45, 7) is 0.511. The van der Waals surface area contributed by atoms with Gasteiger partial charge < -0.3 is 23.6 Å². The lowest BCUT2D eigenvalue weighted by molar-refractivity contribution is 0.0916. The van der Waals surface area contributed by atoms with Crippen molar-refractivity contribution >= 4 is 5.91 Å². The first-order valence-electron chi connectivity index (χ1n) is 6.84. The molecule has 1 N–H and O–H groups in total. The van der Waals surface area contributed by atoms with Crippen LogP contribution in [-0.4, -0.2) is 22.9 Å². The molecule has 3 heterocycles. The number of nitrogens with zero attached hydrogens (tertiary/aromatic N) is 2. The van der Waals surface area contributed by atoms with Crippen LogP contribution in [0.1, 0.15) is 16.2 Å². The van der Waals surface area contributed by atoms with E-state index in [1.54, 1.807) is 18.2 Å². The van der Waals surface area contributed by atoms with Crippen molar-refractivity contribution in [1.29, 1.82) is 0 Å². The van der Waals surface area contributed by atoms with Gasteiger partial charge in [0.1, 0.15) is 0 Å². The van der Waals surface area contributed by atoms with E-state index in [4.69, 9.17) is 18.3 Å². The molecule has 0 aliphatic carbocycles. The second-order valence-electron chi connectivity index (χ2n) is 4.76. The highest BCUT2D eigenvalue weighted by Crippen LogP contribution is 2.32. The summed E-state index contributed by atoms with van der Waals surface area (Å²) in [5.74, 6) is 1.33. The first kappa shape index (κ1) is 13.4. The van der Waals surface area contributed by atoms with E-state index >= 15 is 0 Å². The van der Waals surface area contributed by atoms with Crippen molar-refractivity contribution in [2.45, 2.75) is 6.54 Å². The lowest BCUT2D eigenvalue weighted by Gasteiger charge is -2.03. The Labute approximate surface area is 130 Å². The third-order valence-electron chi connectivity index (χ3n) is 3.24.